The van der Waals surface area contributed by atoms with Crippen molar-refractivity contribution in [3.63, 3.8) is 0 Å². The number of hydrogen-bond acceptors (Lipinski definition) is 4. The van der Waals surface area contributed by atoms with Gasteiger partial charge in [-0.2, -0.15) is 0 Å². The van der Waals surface area contributed by atoms with Crippen LogP contribution in [0.3, 0.4) is 0 Å². The van der Waals surface area contributed by atoms with E-state index in [4.69, 9.17) is 0 Å². The highest BCUT2D eigenvalue weighted by molar-refractivity contribution is 6.04. The lowest BCUT2D eigenvalue weighted by atomic mass is 9.88. The van der Waals surface area contributed by atoms with Gasteiger partial charge < -0.3 is 16.0 Å². The molecule has 0 spiro atoms. The number of carbonyl (C=O) groups is 2. The number of anilines is 3. The van der Waals surface area contributed by atoms with Crippen molar-refractivity contribution in [2.75, 3.05) is 16.0 Å². The SMILES string of the molecule is O=C(Nc1ccncc1)c1ccc2c(c1)CC(c1ccc(NC(=O)C3CCCCC3)cc1)N2. The van der Waals surface area contributed by atoms with Gasteiger partial charge >= 0.3 is 0 Å². The summed E-state index contributed by atoms with van der Waals surface area (Å²) < 4.78 is 0. The fourth-order valence-corrected chi connectivity index (χ4v) is 4.75. The zero-order valence-corrected chi connectivity index (χ0v) is 18.5. The molecule has 6 heteroatoms. The van der Waals surface area contributed by atoms with Gasteiger partial charge in [0.2, 0.25) is 5.91 Å². The molecule has 1 unspecified atom stereocenters. The van der Waals surface area contributed by atoms with Crippen LogP contribution in [0.5, 0.6) is 0 Å². The third-order valence-corrected chi connectivity index (χ3v) is 6.62. The van der Waals surface area contributed by atoms with Crippen molar-refractivity contribution in [2.45, 2.75) is 44.6 Å². The Hall–Kier alpha value is -3.67. The summed E-state index contributed by atoms with van der Waals surface area (Å²) in [6, 6.07) is 17.5. The molecule has 168 valence electrons. The van der Waals surface area contributed by atoms with Crippen molar-refractivity contribution in [1.29, 1.82) is 0 Å². The Balaban J connectivity index is 1.21. The molecule has 0 bridgehead atoms. The number of benzene rings is 2. The molecule has 2 aliphatic rings. The van der Waals surface area contributed by atoms with E-state index >= 15 is 0 Å². The largest absolute Gasteiger partial charge is 0.378 e. The summed E-state index contributed by atoms with van der Waals surface area (Å²) in [7, 11) is 0. The summed E-state index contributed by atoms with van der Waals surface area (Å²) in [6.45, 7) is 0. The highest BCUT2D eigenvalue weighted by Crippen LogP contribution is 2.35. The van der Waals surface area contributed by atoms with E-state index in [2.05, 4.69) is 33.1 Å². The Bertz CT molecular complexity index is 1140. The predicted octanol–water partition coefficient (Wildman–Crippen LogP) is 5.56. The third-order valence-electron chi connectivity index (χ3n) is 6.62. The van der Waals surface area contributed by atoms with Crippen molar-refractivity contribution in [2.24, 2.45) is 5.92 Å². The van der Waals surface area contributed by atoms with Crippen LogP contribution in [0.2, 0.25) is 0 Å². The first-order chi connectivity index (χ1) is 16.2. The lowest BCUT2D eigenvalue weighted by Gasteiger charge is -2.21. The number of pyridine rings is 1. The van der Waals surface area contributed by atoms with E-state index in [1.807, 2.05) is 30.3 Å². The van der Waals surface area contributed by atoms with E-state index in [9.17, 15) is 9.59 Å². The third kappa shape index (κ3) is 4.90. The average molecular weight is 441 g/mol. The average Bonchev–Trinajstić information content (AvgIpc) is 3.29. The van der Waals surface area contributed by atoms with E-state index in [0.717, 1.165) is 60.3 Å². The summed E-state index contributed by atoms with van der Waals surface area (Å²) in [5.41, 5.74) is 5.53. The van der Waals surface area contributed by atoms with Crippen LogP contribution in [-0.2, 0) is 11.2 Å². The van der Waals surface area contributed by atoms with Crippen LogP contribution >= 0.6 is 0 Å². The maximum Gasteiger partial charge on any atom is 0.255 e. The van der Waals surface area contributed by atoms with Gasteiger partial charge in [-0.25, -0.2) is 0 Å². The second-order valence-corrected chi connectivity index (χ2v) is 8.91. The molecular weight excluding hydrogens is 412 g/mol. The van der Waals surface area contributed by atoms with Gasteiger partial charge in [-0.15, -0.1) is 0 Å². The predicted molar refractivity (Wildman–Crippen MR) is 130 cm³/mol. The minimum absolute atomic E-state index is 0.134. The Morgan fingerprint density at radius 2 is 1.58 bits per heavy atom. The Labute approximate surface area is 193 Å². The van der Waals surface area contributed by atoms with Gasteiger partial charge in [-0.3, -0.25) is 14.6 Å². The molecule has 1 fully saturated rings. The molecule has 33 heavy (non-hydrogen) atoms. The van der Waals surface area contributed by atoms with Crippen LogP contribution in [0.15, 0.2) is 67.0 Å². The number of amides is 2. The van der Waals surface area contributed by atoms with E-state index in [-0.39, 0.29) is 23.8 Å². The number of rotatable bonds is 5. The monoisotopic (exact) mass is 440 g/mol. The number of aromatic nitrogens is 1. The molecule has 2 heterocycles. The summed E-state index contributed by atoms with van der Waals surface area (Å²) in [5, 5.41) is 9.53. The van der Waals surface area contributed by atoms with Gasteiger partial charge in [0.25, 0.3) is 5.91 Å². The first kappa shape index (κ1) is 21.2. The van der Waals surface area contributed by atoms with Crippen LogP contribution in [0.1, 0.15) is 59.6 Å². The van der Waals surface area contributed by atoms with Gasteiger partial charge in [0.15, 0.2) is 0 Å². The lowest BCUT2D eigenvalue weighted by Crippen LogP contribution is -2.24. The molecule has 1 aliphatic carbocycles. The van der Waals surface area contributed by atoms with Gasteiger partial charge in [0.05, 0.1) is 6.04 Å². The van der Waals surface area contributed by atoms with Crippen LogP contribution in [-0.4, -0.2) is 16.8 Å². The van der Waals surface area contributed by atoms with Crippen LogP contribution in [0.25, 0.3) is 0 Å². The Morgan fingerprint density at radius 1 is 0.848 bits per heavy atom. The first-order valence-electron chi connectivity index (χ1n) is 11.7. The highest BCUT2D eigenvalue weighted by atomic mass is 16.2. The number of nitrogens with one attached hydrogen (secondary N) is 3. The molecule has 1 atom stereocenters. The number of hydrogen-bond donors (Lipinski definition) is 3. The van der Waals surface area contributed by atoms with Crippen molar-refractivity contribution in [3.05, 3.63) is 83.7 Å². The fraction of sp³-hybridized carbons (Fsp3) is 0.296. The topological polar surface area (TPSA) is 83.1 Å². The fourth-order valence-electron chi connectivity index (χ4n) is 4.75. The minimum atomic E-state index is -0.134. The number of nitrogens with zero attached hydrogens (tertiary/aromatic N) is 1. The lowest BCUT2D eigenvalue weighted by molar-refractivity contribution is -0.120. The molecule has 0 saturated heterocycles. The Morgan fingerprint density at radius 3 is 2.33 bits per heavy atom. The second kappa shape index (κ2) is 9.45. The molecule has 3 aromatic rings. The van der Waals surface area contributed by atoms with Crippen molar-refractivity contribution in [3.8, 4) is 0 Å². The zero-order valence-electron chi connectivity index (χ0n) is 18.5. The zero-order chi connectivity index (χ0) is 22.6. The molecule has 1 aromatic heterocycles. The van der Waals surface area contributed by atoms with Crippen LogP contribution < -0.4 is 16.0 Å². The molecule has 1 saturated carbocycles. The maximum absolute atomic E-state index is 12.6. The second-order valence-electron chi connectivity index (χ2n) is 8.91. The van der Waals surface area contributed by atoms with Crippen molar-refractivity contribution < 1.29 is 9.59 Å². The summed E-state index contributed by atoms with van der Waals surface area (Å²) >= 11 is 0. The number of carbonyl (C=O) groups excluding carboxylic acids is 2. The Kier molecular flexibility index (Phi) is 6.07. The van der Waals surface area contributed by atoms with Gasteiger partial charge in [0, 0.05) is 40.9 Å². The van der Waals surface area contributed by atoms with Crippen LogP contribution in [0, 0.1) is 5.92 Å². The molecule has 5 rings (SSSR count). The molecule has 0 radical (unpaired) electrons. The quantitative estimate of drug-likeness (QED) is 0.485. The molecule has 2 amide bonds. The van der Waals surface area contributed by atoms with Gasteiger partial charge in [-0.05, 0) is 72.9 Å². The molecular formula is C27H28N4O2. The minimum Gasteiger partial charge on any atom is -0.378 e. The van der Waals surface area contributed by atoms with E-state index < -0.39 is 0 Å². The first-order valence-corrected chi connectivity index (χ1v) is 11.7. The standard InChI is InChI=1S/C27H28N4O2/c32-26(19-4-2-1-3-5-19)29-22-9-6-18(7-10-22)25-17-21-16-20(8-11-24(21)31-25)27(33)30-23-12-14-28-15-13-23/h6-16,19,25,31H,1-5,17H2,(H,29,32)(H,28,30,33). The molecule has 6 nitrogen and oxygen atoms in total. The highest BCUT2D eigenvalue weighted by Gasteiger charge is 2.24. The summed E-state index contributed by atoms with van der Waals surface area (Å²) in [5.74, 6) is 0.159. The van der Waals surface area contributed by atoms with Gasteiger partial charge in [-0.1, -0.05) is 31.4 Å². The van der Waals surface area contributed by atoms with Gasteiger partial charge in [0.1, 0.15) is 0 Å². The molecule has 1 aliphatic heterocycles. The number of fused-ring (bicyclic) bond motifs is 1. The van der Waals surface area contributed by atoms with E-state index in [1.165, 1.54) is 6.42 Å². The smallest absolute Gasteiger partial charge is 0.255 e. The summed E-state index contributed by atoms with van der Waals surface area (Å²) in [4.78, 5) is 29.1. The van der Waals surface area contributed by atoms with Crippen LogP contribution in [0.4, 0.5) is 17.1 Å². The van der Waals surface area contributed by atoms with E-state index in [0.29, 0.717) is 5.56 Å². The molecule has 2 aromatic carbocycles. The van der Waals surface area contributed by atoms with Crippen molar-refractivity contribution in [1.82, 2.24) is 4.98 Å². The normalized spacial score (nSPS) is 17.6. The maximum atomic E-state index is 12.6. The van der Waals surface area contributed by atoms with Crippen molar-refractivity contribution >= 4 is 28.9 Å². The van der Waals surface area contributed by atoms with E-state index in [1.54, 1.807) is 24.5 Å². The summed E-state index contributed by atoms with van der Waals surface area (Å²) in [6.07, 6.45) is 9.65. The molecule has 3 N–H and O–H groups in total.